The van der Waals surface area contributed by atoms with Gasteiger partial charge >= 0.3 is 5.97 Å². The maximum atomic E-state index is 12.3. The number of carbonyl (C=O) groups is 2. The molecule has 1 aliphatic rings. The molecule has 0 radical (unpaired) electrons. The number of piperidine rings is 1. The van der Waals surface area contributed by atoms with Crippen LogP contribution < -0.4 is 9.47 Å². The molecule has 0 spiro atoms. The Morgan fingerprint density at radius 2 is 1.79 bits per heavy atom. The summed E-state index contributed by atoms with van der Waals surface area (Å²) in [6.45, 7) is 5.41. The molecule has 1 saturated heterocycles. The van der Waals surface area contributed by atoms with Gasteiger partial charge in [0, 0.05) is 13.1 Å². The largest absolute Gasteiger partial charge is 0.497 e. The SMILES string of the molecule is COc1ccc(OC)c(C(=O)OCC(=O)N2C[C@@H](C)C[C@H](C)C2)c1. The van der Waals surface area contributed by atoms with E-state index in [2.05, 4.69) is 13.8 Å². The molecule has 1 heterocycles. The van der Waals surface area contributed by atoms with E-state index in [0.29, 0.717) is 36.4 Å². The minimum absolute atomic E-state index is 0.163. The summed E-state index contributed by atoms with van der Waals surface area (Å²) in [7, 11) is 2.99. The van der Waals surface area contributed by atoms with Crippen molar-refractivity contribution in [2.75, 3.05) is 33.9 Å². The van der Waals surface area contributed by atoms with Gasteiger partial charge in [-0.25, -0.2) is 4.79 Å². The van der Waals surface area contributed by atoms with E-state index in [0.717, 1.165) is 6.42 Å². The molecule has 1 fully saturated rings. The van der Waals surface area contributed by atoms with E-state index in [1.165, 1.54) is 20.3 Å². The highest BCUT2D eigenvalue weighted by Crippen LogP contribution is 2.25. The van der Waals surface area contributed by atoms with Crippen LogP contribution in [0, 0.1) is 11.8 Å². The number of nitrogens with zero attached hydrogens (tertiary/aromatic N) is 1. The molecule has 0 aliphatic carbocycles. The van der Waals surface area contributed by atoms with E-state index < -0.39 is 5.97 Å². The Bertz CT molecular complexity index is 591. The van der Waals surface area contributed by atoms with Crippen molar-refractivity contribution in [2.45, 2.75) is 20.3 Å². The molecule has 2 atom stereocenters. The van der Waals surface area contributed by atoms with Crippen molar-refractivity contribution in [1.29, 1.82) is 0 Å². The van der Waals surface area contributed by atoms with Gasteiger partial charge in [-0.3, -0.25) is 4.79 Å². The normalized spacial score (nSPS) is 20.4. The molecule has 2 rings (SSSR count). The molecule has 1 aromatic carbocycles. The first-order chi connectivity index (χ1) is 11.4. The van der Waals surface area contributed by atoms with Crippen molar-refractivity contribution >= 4 is 11.9 Å². The Balaban J connectivity index is 1.99. The Hall–Kier alpha value is -2.24. The zero-order valence-corrected chi connectivity index (χ0v) is 14.7. The minimum atomic E-state index is -0.600. The predicted molar refractivity (Wildman–Crippen MR) is 89.4 cm³/mol. The van der Waals surface area contributed by atoms with E-state index in [9.17, 15) is 9.59 Å². The van der Waals surface area contributed by atoms with E-state index in [1.54, 1.807) is 17.0 Å². The van der Waals surface area contributed by atoms with Gasteiger partial charge in [-0.2, -0.15) is 0 Å². The number of rotatable bonds is 5. The van der Waals surface area contributed by atoms with Crippen LogP contribution in [0.2, 0.25) is 0 Å². The van der Waals surface area contributed by atoms with E-state index in [1.807, 2.05) is 0 Å². The van der Waals surface area contributed by atoms with Crippen molar-refractivity contribution in [3.8, 4) is 11.5 Å². The Morgan fingerprint density at radius 1 is 1.12 bits per heavy atom. The van der Waals surface area contributed by atoms with Crippen LogP contribution in [-0.2, 0) is 9.53 Å². The first kappa shape index (κ1) is 18.1. The van der Waals surface area contributed by atoms with E-state index >= 15 is 0 Å². The Kier molecular flexibility index (Phi) is 6.06. The molecule has 0 saturated carbocycles. The Labute approximate surface area is 142 Å². The van der Waals surface area contributed by atoms with E-state index in [4.69, 9.17) is 14.2 Å². The maximum Gasteiger partial charge on any atom is 0.342 e. The quantitative estimate of drug-likeness (QED) is 0.773. The van der Waals surface area contributed by atoms with Gasteiger partial charge in [-0.05, 0) is 36.5 Å². The van der Waals surface area contributed by atoms with Crippen LogP contribution in [0.4, 0.5) is 0 Å². The molecule has 0 bridgehead atoms. The lowest BCUT2D eigenvalue weighted by Crippen LogP contribution is -2.44. The number of amides is 1. The van der Waals surface area contributed by atoms with Crippen LogP contribution in [0.25, 0.3) is 0 Å². The fourth-order valence-electron chi connectivity index (χ4n) is 3.14. The zero-order chi connectivity index (χ0) is 17.7. The number of likely N-dealkylation sites (tertiary alicyclic amines) is 1. The lowest BCUT2D eigenvalue weighted by atomic mass is 9.92. The number of hydrogen-bond acceptors (Lipinski definition) is 5. The lowest BCUT2D eigenvalue weighted by Gasteiger charge is -2.34. The van der Waals surface area contributed by atoms with Crippen LogP contribution in [0.5, 0.6) is 11.5 Å². The van der Waals surface area contributed by atoms with Crippen molar-refractivity contribution < 1.29 is 23.8 Å². The van der Waals surface area contributed by atoms with Gasteiger partial charge in [0.15, 0.2) is 6.61 Å². The molecule has 24 heavy (non-hydrogen) atoms. The molecular weight excluding hydrogens is 310 g/mol. The molecule has 1 aromatic rings. The third kappa shape index (κ3) is 4.40. The van der Waals surface area contributed by atoms with Gasteiger partial charge in [0.25, 0.3) is 5.91 Å². The average Bonchev–Trinajstić information content (AvgIpc) is 2.57. The summed E-state index contributed by atoms with van der Waals surface area (Å²) in [5, 5.41) is 0. The number of esters is 1. The highest BCUT2D eigenvalue weighted by molar-refractivity contribution is 5.94. The van der Waals surface area contributed by atoms with Crippen molar-refractivity contribution in [2.24, 2.45) is 11.8 Å². The Morgan fingerprint density at radius 3 is 2.38 bits per heavy atom. The highest BCUT2D eigenvalue weighted by Gasteiger charge is 2.26. The molecular formula is C18H25NO5. The second-order valence-corrected chi connectivity index (χ2v) is 6.39. The molecule has 1 amide bonds. The summed E-state index contributed by atoms with van der Waals surface area (Å²) >= 11 is 0. The fourth-order valence-corrected chi connectivity index (χ4v) is 3.14. The van der Waals surface area contributed by atoms with E-state index in [-0.39, 0.29) is 18.1 Å². The van der Waals surface area contributed by atoms with Gasteiger partial charge in [0.1, 0.15) is 17.1 Å². The van der Waals surface area contributed by atoms with Gasteiger partial charge in [0.2, 0.25) is 0 Å². The first-order valence-corrected chi connectivity index (χ1v) is 8.11. The lowest BCUT2D eigenvalue weighted by molar-refractivity contribution is -0.137. The summed E-state index contributed by atoms with van der Waals surface area (Å²) in [6, 6.07) is 4.86. The van der Waals surface area contributed by atoms with Crippen LogP contribution in [0.1, 0.15) is 30.6 Å². The summed E-state index contributed by atoms with van der Waals surface area (Å²) < 4.78 is 15.5. The summed E-state index contributed by atoms with van der Waals surface area (Å²) in [4.78, 5) is 26.3. The van der Waals surface area contributed by atoms with Crippen molar-refractivity contribution in [3.63, 3.8) is 0 Å². The predicted octanol–water partition coefficient (Wildman–Crippen LogP) is 2.37. The molecule has 132 valence electrons. The van der Waals surface area contributed by atoms with Gasteiger partial charge in [-0.15, -0.1) is 0 Å². The zero-order valence-electron chi connectivity index (χ0n) is 14.7. The van der Waals surface area contributed by atoms with Crippen LogP contribution >= 0.6 is 0 Å². The summed E-state index contributed by atoms with van der Waals surface area (Å²) in [5.74, 6) is 1.07. The third-order valence-corrected chi connectivity index (χ3v) is 4.17. The van der Waals surface area contributed by atoms with Crippen molar-refractivity contribution in [3.05, 3.63) is 23.8 Å². The first-order valence-electron chi connectivity index (χ1n) is 8.11. The van der Waals surface area contributed by atoms with Gasteiger partial charge < -0.3 is 19.1 Å². The number of hydrogen-bond donors (Lipinski definition) is 0. The standard InChI is InChI=1S/C18H25NO5/c1-12-7-13(2)10-19(9-12)17(20)11-24-18(21)15-8-14(22-3)5-6-16(15)23-4/h5-6,8,12-13H,7,9-11H2,1-4H3/t12-,13-/m0/s1. The monoisotopic (exact) mass is 335 g/mol. The van der Waals surface area contributed by atoms with Gasteiger partial charge in [0.05, 0.1) is 14.2 Å². The summed E-state index contributed by atoms with van der Waals surface area (Å²) in [6.07, 6.45) is 1.12. The van der Waals surface area contributed by atoms with Crippen LogP contribution in [0.15, 0.2) is 18.2 Å². The molecule has 0 N–H and O–H groups in total. The molecule has 6 heteroatoms. The van der Waals surface area contributed by atoms with Gasteiger partial charge in [-0.1, -0.05) is 13.8 Å². The molecule has 1 aliphatic heterocycles. The third-order valence-electron chi connectivity index (χ3n) is 4.17. The number of methoxy groups -OCH3 is 2. The molecule has 0 unspecified atom stereocenters. The summed E-state index contributed by atoms with van der Waals surface area (Å²) in [5.41, 5.74) is 0.241. The fraction of sp³-hybridized carbons (Fsp3) is 0.556. The van der Waals surface area contributed by atoms with Crippen molar-refractivity contribution in [1.82, 2.24) is 4.90 Å². The number of benzene rings is 1. The van der Waals surface area contributed by atoms with Crippen LogP contribution in [0.3, 0.4) is 0 Å². The molecule has 6 nitrogen and oxygen atoms in total. The second-order valence-electron chi connectivity index (χ2n) is 6.39. The van der Waals surface area contributed by atoms with Crippen LogP contribution in [-0.4, -0.2) is 50.7 Å². The number of ether oxygens (including phenoxy) is 3. The average molecular weight is 335 g/mol. The number of carbonyl (C=O) groups excluding carboxylic acids is 2. The topological polar surface area (TPSA) is 65.1 Å². The second kappa shape index (κ2) is 8.04. The smallest absolute Gasteiger partial charge is 0.342 e. The molecule has 0 aromatic heterocycles. The highest BCUT2D eigenvalue weighted by atomic mass is 16.5. The minimum Gasteiger partial charge on any atom is -0.497 e. The maximum absolute atomic E-state index is 12.3.